The molecule has 1 aliphatic rings. The molecule has 0 saturated carbocycles. The van der Waals surface area contributed by atoms with Gasteiger partial charge in [0.2, 0.25) is 0 Å². The SMILES string of the molecule is [C]1CSC=CN1. The zero-order valence-electron chi connectivity index (χ0n) is 3.27. The largest absolute Gasteiger partial charge is 0.380 e. The highest BCUT2D eigenvalue weighted by Crippen LogP contribution is 2.04. The van der Waals surface area contributed by atoms with Crippen molar-refractivity contribution < 1.29 is 0 Å². The minimum atomic E-state index is 0.969. The fourth-order valence-corrected chi connectivity index (χ4v) is 0.700. The van der Waals surface area contributed by atoms with E-state index in [9.17, 15) is 0 Å². The fourth-order valence-electron chi connectivity index (χ4n) is 0.273. The summed E-state index contributed by atoms with van der Waals surface area (Å²) < 4.78 is 0. The molecule has 1 heterocycles. The topological polar surface area (TPSA) is 12.0 Å². The van der Waals surface area contributed by atoms with Crippen molar-refractivity contribution in [2.75, 3.05) is 5.75 Å². The molecule has 1 aliphatic heterocycles. The van der Waals surface area contributed by atoms with Gasteiger partial charge >= 0.3 is 0 Å². The van der Waals surface area contributed by atoms with Crippen LogP contribution in [0.4, 0.5) is 0 Å². The van der Waals surface area contributed by atoms with Crippen molar-refractivity contribution in [3.63, 3.8) is 0 Å². The van der Waals surface area contributed by atoms with Crippen LogP contribution in [-0.2, 0) is 0 Å². The molecule has 0 atom stereocenters. The van der Waals surface area contributed by atoms with Crippen molar-refractivity contribution in [1.29, 1.82) is 0 Å². The van der Waals surface area contributed by atoms with E-state index in [1.54, 1.807) is 11.8 Å². The Morgan fingerprint density at radius 2 is 2.83 bits per heavy atom. The Morgan fingerprint density at radius 1 is 1.83 bits per heavy atom. The average Bonchev–Trinajstić information content (AvgIpc) is 1.72. The van der Waals surface area contributed by atoms with Crippen LogP contribution in [0.2, 0.25) is 0 Å². The summed E-state index contributed by atoms with van der Waals surface area (Å²) in [5, 5.41) is 4.84. The van der Waals surface area contributed by atoms with Crippen molar-refractivity contribution in [2.45, 2.75) is 0 Å². The molecule has 1 N–H and O–H groups in total. The zero-order chi connectivity index (χ0) is 4.24. The normalized spacial score (nSPS) is 20.0. The van der Waals surface area contributed by atoms with E-state index in [0.29, 0.717) is 0 Å². The highest BCUT2D eigenvalue weighted by molar-refractivity contribution is 8.02. The predicted octanol–water partition coefficient (Wildman–Crippen LogP) is 0.833. The molecule has 2 heteroatoms. The lowest BCUT2D eigenvalue weighted by molar-refractivity contribution is 1.06. The van der Waals surface area contributed by atoms with Crippen LogP contribution >= 0.6 is 11.8 Å². The van der Waals surface area contributed by atoms with E-state index < -0.39 is 0 Å². The molecule has 0 aromatic heterocycles. The van der Waals surface area contributed by atoms with Gasteiger partial charge in [-0.25, -0.2) is 0 Å². The first-order valence-corrected chi connectivity index (χ1v) is 2.80. The summed E-state index contributed by atoms with van der Waals surface area (Å²) >= 11 is 1.74. The van der Waals surface area contributed by atoms with Crippen LogP contribution in [0.25, 0.3) is 0 Å². The van der Waals surface area contributed by atoms with Crippen LogP contribution in [0.5, 0.6) is 0 Å². The quantitative estimate of drug-likeness (QED) is 0.483. The van der Waals surface area contributed by atoms with E-state index in [0.717, 1.165) is 5.75 Å². The number of hydrogen-bond donors (Lipinski definition) is 1. The first-order chi connectivity index (χ1) is 3.00. The second kappa shape index (κ2) is 2.13. The molecule has 6 heavy (non-hydrogen) atoms. The summed E-state index contributed by atoms with van der Waals surface area (Å²) in [5.74, 6) is 0.969. The monoisotopic (exact) mass is 99.0 g/mol. The van der Waals surface area contributed by atoms with Gasteiger partial charge in [-0.15, -0.1) is 11.8 Å². The predicted molar refractivity (Wildman–Crippen MR) is 28.0 cm³/mol. The maximum atomic E-state index is 2.91. The maximum absolute atomic E-state index is 2.91. The van der Waals surface area contributed by atoms with E-state index in [1.807, 2.05) is 11.6 Å². The molecule has 0 fully saturated rings. The Hall–Kier alpha value is -0.110. The molecule has 0 aromatic rings. The Balaban J connectivity index is 2.26. The third-order valence-electron chi connectivity index (χ3n) is 0.505. The van der Waals surface area contributed by atoms with Crippen LogP contribution in [0.1, 0.15) is 0 Å². The zero-order valence-corrected chi connectivity index (χ0v) is 4.09. The van der Waals surface area contributed by atoms with Gasteiger partial charge in [0.15, 0.2) is 0 Å². The smallest absolute Gasteiger partial charge is 0.0988 e. The first-order valence-electron chi connectivity index (χ1n) is 1.75. The van der Waals surface area contributed by atoms with Crippen molar-refractivity contribution in [2.24, 2.45) is 0 Å². The number of nitrogens with one attached hydrogen (secondary N) is 1. The molecule has 0 unspecified atom stereocenters. The van der Waals surface area contributed by atoms with Crippen LogP contribution < -0.4 is 5.32 Å². The van der Waals surface area contributed by atoms with Gasteiger partial charge in [0.1, 0.15) is 0 Å². The number of rotatable bonds is 0. The Kier molecular flexibility index (Phi) is 1.44. The molecule has 2 radical (unpaired) electrons. The Labute approximate surface area is 41.8 Å². The van der Waals surface area contributed by atoms with Crippen molar-refractivity contribution >= 4 is 11.8 Å². The summed E-state index contributed by atoms with van der Waals surface area (Å²) in [4.78, 5) is 0. The van der Waals surface area contributed by atoms with E-state index in [1.165, 1.54) is 0 Å². The van der Waals surface area contributed by atoms with Crippen LogP contribution in [0.3, 0.4) is 0 Å². The van der Waals surface area contributed by atoms with Crippen LogP contribution in [0, 0.1) is 6.54 Å². The lowest BCUT2D eigenvalue weighted by Gasteiger charge is -1.99. The molecule has 0 bridgehead atoms. The molecule has 0 aromatic carbocycles. The second-order valence-corrected chi connectivity index (χ2v) is 1.83. The second-order valence-electron chi connectivity index (χ2n) is 0.935. The van der Waals surface area contributed by atoms with Gasteiger partial charge in [-0.05, 0) is 5.41 Å². The Morgan fingerprint density at radius 3 is 3.00 bits per heavy atom. The summed E-state index contributed by atoms with van der Waals surface area (Å²) in [6, 6.07) is 0. The summed E-state index contributed by atoms with van der Waals surface area (Å²) in [7, 11) is 0. The van der Waals surface area contributed by atoms with Gasteiger partial charge < -0.3 is 5.32 Å². The van der Waals surface area contributed by atoms with Gasteiger partial charge in [0, 0.05) is 12.0 Å². The Bertz CT molecular complexity index is 52.6. The summed E-state index contributed by atoms with van der Waals surface area (Å²) in [5.41, 5.74) is 0. The van der Waals surface area contributed by atoms with Gasteiger partial charge in [0.05, 0.1) is 6.54 Å². The van der Waals surface area contributed by atoms with E-state index in [2.05, 4.69) is 11.9 Å². The van der Waals surface area contributed by atoms with Crippen molar-refractivity contribution in [3.05, 3.63) is 18.2 Å². The highest BCUT2D eigenvalue weighted by atomic mass is 32.2. The van der Waals surface area contributed by atoms with Gasteiger partial charge in [-0.2, -0.15) is 0 Å². The van der Waals surface area contributed by atoms with Gasteiger partial charge in [-0.3, -0.25) is 0 Å². The van der Waals surface area contributed by atoms with Gasteiger partial charge in [0.25, 0.3) is 0 Å². The molecule has 1 rings (SSSR count). The summed E-state index contributed by atoms with van der Waals surface area (Å²) in [6.07, 6.45) is 1.87. The third kappa shape index (κ3) is 0.937. The number of hydrogen-bond acceptors (Lipinski definition) is 2. The molecule has 0 amide bonds. The van der Waals surface area contributed by atoms with Gasteiger partial charge in [-0.1, -0.05) is 0 Å². The fraction of sp³-hybridized carbons (Fsp3) is 0.250. The lowest BCUT2D eigenvalue weighted by Crippen LogP contribution is -2.04. The minimum absolute atomic E-state index is 0.969. The number of thioether (sulfide) groups is 1. The maximum Gasteiger partial charge on any atom is 0.0988 e. The van der Waals surface area contributed by atoms with E-state index >= 15 is 0 Å². The molecule has 0 saturated heterocycles. The lowest BCUT2D eigenvalue weighted by atomic mass is 10.7. The molecular weight excluding hydrogens is 94.1 g/mol. The average molecular weight is 99.2 g/mol. The molecular formula is C4H5NS. The highest BCUT2D eigenvalue weighted by Gasteiger charge is 1.87. The van der Waals surface area contributed by atoms with Crippen molar-refractivity contribution in [1.82, 2.24) is 5.32 Å². The first kappa shape index (κ1) is 4.06. The third-order valence-corrected chi connectivity index (χ3v) is 1.14. The van der Waals surface area contributed by atoms with Crippen molar-refractivity contribution in [3.8, 4) is 0 Å². The van der Waals surface area contributed by atoms with E-state index in [-0.39, 0.29) is 0 Å². The molecule has 0 spiro atoms. The van der Waals surface area contributed by atoms with E-state index in [4.69, 9.17) is 0 Å². The molecule has 0 aliphatic carbocycles. The molecule has 32 valence electrons. The minimum Gasteiger partial charge on any atom is -0.380 e. The molecule has 1 nitrogen and oxygen atoms in total. The standard InChI is InChI=1S/C4H5NS/c1-3-6-4-2-5-1/h1,3,5H,4H2. The van der Waals surface area contributed by atoms with Crippen LogP contribution in [-0.4, -0.2) is 5.75 Å². The van der Waals surface area contributed by atoms with Crippen LogP contribution in [0.15, 0.2) is 11.6 Å². The summed E-state index contributed by atoms with van der Waals surface area (Å²) in [6.45, 7) is 2.91.